The van der Waals surface area contributed by atoms with E-state index in [1.165, 1.54) is 6.92 Å². The smallest absolute Gasteiger partial charge is 0.303 e. The molecule has 4 heterocycles. The SMILES string of the molecule is CC(=O)OC[C@H]1O[C@@H]([C@]23OC[C@H](SO2)[C@H](OC(C)=O)[C@H]3OC(C)=O)[C@H](OC(C)=O)[C@@H](OC(C)=O)[C@@H]1OC(C)=O. The molecule has 218 valence electrons. The van der Waals surface area contributed by atoms with E-state index >= 15 is 0 Å². The van der Waals surface area contributed by atoms with Gasteiger partial charge in [0.25, 0.3) is 5.79 Å². The van der Waals surface area contributed by atoms with Crippen molar-refractivity contribution in [1.82, 2.24) is 0 Å². The summed E-state index contributed by atoms with van der Waals surface area (Å²) < 4.78 is 50.5. The maximum Gasteiger partial charge on any atom is 0.303 e. The van der Waals surface area contributed by atoms with Gasteiger partial charge in [-0.3, -0.25) is 33.0 Å². The minimum absolute atomic E-state index is 0.0761. The van der Waals surface area contributed by atoms with E-state index in [1.54, 1.807) is 0 Å². The molecule has 0 unspecified atom stereocenters. The second kappa shape index (κ2) is 12.5. The molecule has 4 aliphatic rings. The molecule has 0 aromatic carbocycles. The number of hydrogen-bond acceptors (Lipinski definition) is 16. The monoisotopic (exact) mass is 578 g/mol. The second-order valence-electron chi connectivity index (χ2n) is 8.97. The van der Waals surface area contributed by atoms with Gasteiger partial charge in [-0.2, -0.15) is 0 Å². The third kappa shape index (κ3) is 6.98. The maximum atomic E-state index is 12.2. The minimum atomic E-state index is -2.10. The van der Waals surface area contributed by atoms with E-state index < -0.39 is 96.2 Å². The highest BCUT2D eigenvalue weighted by Gasteiger charge is 2.70. The molecule has 4 rings (SSSR count). The van der Waals surface area contributed by atoms with Gasteiger partial charge in [0.05, 0.1) is 11.9 Å². The van der Waals surface area contributed by atoms with E-state index in [9.17, 15) is 28.8 Å². The molecule has 2 bridgehead atoms. The summed E-state index contributed by atoms with van der Waals surface area (Å²) in [7, 11) is 0. The summed E-state index contributed by atoms with van der Waals surface area (Å²) in [6, 6.07) is 0. The van der Waals surface area contributed by atoms with Crippen molar-refractivity contribution in [3.63, 3.8) is 0 Å². The lowest BCUT2D eigenvalue weighted by Gasteiger charge is -2.57. The number of fused-ring (bicyclic) bond motifs is 3. The number of carbonyl (C=O) groups excluding carboxylic acids is 6. The Bertz CT molecular complexity index is 990. The van der Waals surface area contributed by atoms with E-state index in [-0.39, 0.29) is 6.61 Å². The number of carbonyl (C=O) groups is 6. The van der Waals surface area contributed by atoms with Crippen LogP contribution in [0.15, 0.2) is 0 Å². The van der Waals surface area contributed by atoms with Crippen LogP contribution in [0.5, 0.6) is 0 Å². The van der Waals surface area contributed by atoms with Crippen molar-refractivity contribution in [2.45, 2.75) is 95.3 Å². The number of esters is 6. The van der Waals surface area contributed by atoms with E-state index in [4.69, 9.17) is 42.1 Å². The highest BCUT2D eigenvalue weighted by atomic mass is 32.2. The topological polar surface area (TPSA) is 185 Å². The zero-order valence-electron chi connectivity index (χ0n) is 22.1. The van der Waals surface area contributed by atoms with Crippen molar-refractivity contribution in [2.24, 2.45) is 0 Å². The van der Waals surface area contributed by atoms with E-state index in [0.717, 1.165) is 46.7 Å². The average molecular weight is 579 g/mol. The molecule has 15 nitrogen and oxygen atoms in total. The first-order valence-electron chi connectivity index (χ1n) is 11.9. The van der Waals surface area contributed by atoms with Gasteiger partial charge in [0.15, 0.2) is 36.6 Å². The molecule has 4 aliphatic heterocycles. The van der Waals surface area contributed by atoms with Crippen LogP contribution in [0.25, 0.3) is 0 Å². The third-order valence-electron chi connectivity index (χ3n) is 5.82. The van der Waals surface area contributed by atoms with E-state index in [1.807, 2.05) is 0 Å². The number of ether oxygens (including phenoxy) is 8. The zero-order chi connectivity index (χ0) is 29.1. The van der Waals surface area contributed by atoms with E-state index in [2.05, 4.69) is 0 Å². The summed E-state index contributed by atoms with van der Waals surface area (Å²) in [5.41, 5.74) is 0. The van der Waals surface area contributed by atoms with Gasteiger partial charge in [0.1, 0.15) is 12.7 Å². The Morgan fingerprint density at radius 1 is 0.692 bits per heavy atom. The normalized spacial score (nSPS) is 35.2. The molecule has 0 aromatic rings. The fourth-order valence-electron chi connectivity index (χ4n) is 4.61. The summed E-state index contributed by atoms with van der Waals surface area (Å²) in [6.07, 6.45) is -9.91. The highest BCUT2D eigenvalue weighted by molar-refractivity contribution is 7.95. The first-order valence-corrected chi connectivity index (χ1v) is 12.7. The fraction of sp³-hybridized carbons (Fsp3) is 0.739. The largest absolute Gasteiger partial charge is 0.463 e. The highest BCUT2D eigenvalue weighted by Crippen LogP contribution is 2.50. The molecule has 4 saturated heterocycles. The maximum absolute atomic E-state index is 12.2. The minimum Gasteiger partial charge on any atom is -0.463 e. The molecule has 0 amide bonds. The standard InChI is InChI=1S/C23H30O15S/c1-9(24)30-7-15-17(32-10(2)25)19(34-12(4)27)20(35-13(5)28)22(37-15)23-21(36-14(6)29)18(33-11(3)26)16(8-31-23)39-38-23/h15-22H,7-8H2,1-6H3/t15-,16+,17-,18+,19+,20-,21-,22-,23-/m1/s1. The van der Waals surface area contributed by atoms with Crippen LogP contribution in [0.2, 0.25) is 0 Å². The number of rotatable bonds is 8. The van der Waals surface area contributed by atoms with Gasteiger partial charge >= 0.3 is 35.8 Å². The van der Waals surface area contributed by atoms with Crippen molar-refractivity contribution in [2.75, 3.05) is 13.2 Å². The van der Waals surface area contributed by atoms with Crippen LogP contribution in [0.4, 0.5) is 0 Å². The van der Waals surface area contributed by atoms with Gasteiger partial charge in [-0.25, -0.2) is 0 Å². The van der Waals surface area contributed by atoms with Crippen LogP contribution in [0, 0.1) is 0 Å². The molecule has 0 aromatic heterocycles. The van der Waals surface area contributed by atoms with Crippen LogP contribution < -0.4 is 0 Å². The lowest BCUT2D eigenvalue weighted by Crippen LogP contribution is -2.77. The molecule has 0 saturated carbocycles. The van der Waals surface area contributed by atoms with Gasteiger partial charge in [-0.05, 0) is 0 Å². The van der Waals surface area contributed by atoms with Crippen LogP contribution in [-0.2, 0) is 70.8 Å². The number of hydrogen-bond donors (Lipinski definition) is 0. The van der Waals surface area contributed by atoms with Crippen LogP contribution >= 0.6 is 12.0 Å². The summed E-state index contributed by atoms with van der Waals surface area (Å²) in [4.78, 5) is 72.0. The van der Waals surface area contributed by atoms with Crippen molar-refractivity contribution in [3.05, 3.63) is 0 Å². The molecule has 4 fully saturated rings. The zero-order valence-corrected chi connectivity index (χ0v) is 22.9. The lowest BCUT2D eigenvalue weighted by atomic mass is 9.84. The Kier molecular flexibility index (Phi) is 9.79. The van der Waals surface area contributed by atoms with Crippen molar-refractivity contribution >= 4 is 47.9 Å². The Morgan fingerprint density at radius 3 is 1.69 bits per heavy atom. The molecule has 0 N–H and O–H groups in total. The quantitative estimate of drug-likeness (QED) is 0.208. The summed E-state index contributed by atoms with van der Waals surface area (Å²) in [5, 5.41) is -0.606. The van der Waals surface area contributed by atoms with Crippen LogP contribution in [-0.4, -0.2) is 103 Å². The average Bonchev–Trinajstić information content (AvgIpc) is 2.81. The predicted molar refractivity (Wildman–Crippen MR) is 124 cm³/mol. The molecule has 9 atom stereocenters. The summed E-state index contributed by atoms with van der Waals surface area (Å²) in [6.45, 7) is 6.08. The molecule has 16 heteroatoms. The first-order chi connectivity index (χ1) is 18.2. The molecule has 0 spiro atoms. The van der Waals surface area contributed by atoms with Gasteiger partial charge in [-0.1, -0.05) is 0 Å². The third-order valence-corrected chi connectivity index (χ3v) is 6.83. The lowest BCUT2D eigenvalue weighted by molar-refractivity contribution is -0.373. The van der Waals surface area contributed by atoms with Crippen LogP contribution in [0.1, 0.15) is 41.5 Å². The molecule has 0 radical (unpaired) electrons. The Morgan fingerprint density at radius 2 is 1.21 bits per heavy atom. The molecular weight excluding hydrogens is 548 g/mol. The van der Waals surface area contributed by atoms with Gasteiger partial charge in [-0.15, -0.1) is 0 Å². The van der Waals surface area contributed by atoms with Crippen molar-refractivity contribution in [1.29, 1.82) is 0 Å². The molecule has 39 heavy (non-hydrogen) atoms. The molecule has 0 aliphatic carbocycles. The van der Waals surface area contributed by atoms with Crippen LogP contribution in [0.3, 0.4) is 0 Å². The Labute approximate surface area is 227 Å². The van der Waals surface area contributed by atoms with Gasteiger partial charge in [0, 0.05) is 53.6 Å². The first kappa shape index (κ1) is 30.6. The second-order valence-corrected chi connectivity index (χ2v) is 9.94. The summed E-state index contributed by atoms with van der Waals surface area (Å²) >= 11 is 0.861. The van der Waals surface area contributed by atoms with Gasteiger partial charge in [0.2, 0.25) is 0 Å². The van der Waals surface area contributed by atoms with E-state index in [0.29, 0.717) is 0 Å². The summed E-state index contributed by atoms with van der Waals surface area (Å²) in [5.74, 6) is -6.75. The van der Waals surface area contributed by atoms with Crippen molar-refractivity contribution in [3.8, 4) is 0 Å². The predicted octanol–water partition coefficient (Wildman–Crippen LogP) is -0.251. The van der Waals surface area contributed by atoms with Gasteiger partial charge < -0.3 is 37.9 Å². The van der Waals surface area contributed by atoms with Crippen molar-refractivity contribution < 1.29 is 70.8 Å². The molecular formula is C23H30O15S. The Hall–Kier alpha value is -2.95. The fourth-order valence-corrected chi connectivity index (χ4v) is 5.55. The Balaban J connectivity index is 2.17.